The molecule has 39 heavy (non-hydrogen) atoms. The molecule has 0 saturated heterocycles. The third kappa shape index (κ3) is 6.15. The summed E-state index contributed by atoms with van der Waals surface area (Å²) in [6, 6.07) is 4.82. The van der Waals surface area contributed by atoms with Crippen LogP contribution in [0, 0.1) is 39.9 Å². The molecule has 212 valence electrons. The van der Waals surface area contributed by atoms with Crippen molar-refractivity contribution in [1.82, 2.24) is 10.6 Å². The van der Waals surface area contributed by atoms with Gasteiger partial charge in [-0.1, -0.05) is 13.3 Å². The van der Waals surface area contributed by atoms with Crippen LogP contribution in [0.25, 0.3) is 0 Å². The average Bonchev–Trinajstić information content (AvgIpc) is 3.50. The molecule has 4 rings (SSSR count). The minimum Gasteiger partial charge on any atom is -0.496 e. The van der Waals surface area contributed by atoms with Crippen LogP contribution >= 0.6 is 0 Å². The van der Waals surface area contributed by atoms with Gasteiger partial charge < -0.3 is 25.2 Å². The van der Waals surface area contributed by atoms with E-state index in [1.165, 1.54) is 25.7 Å². The topological polar surface area (TPSA) is 138 Å². The molecule has 2 bridgehead atoms. The number of amides is 2. The minimum absolute atomic E-state index is 0.0284. The van der Waals surface area contributed by atoms with Crippen molar-refractivity contribution in [1.29, 1.82) is 5.26 Å². The van der Waals surface area contributed by atoms with Crippen LogP contribution in [0.5, 0.6) is 11.5 Å². The van der Waals surface area contributed by atoms with Crippen LogP contribution < -0.4 is 20.1 Å². The molecule has 0 aliphatic heterocycles. The number of rotatable bonds is 12. The number of aliphatic carboxylic acids is 1. The molecular formula is C30H41N3O6. The van der Waals surface area contributed by atoms with Crippen molar-refractivity contribution in [2.75, 3.05) is 20.3 Å². The standard InChI is InChI=1S/C30H41N3O6/c1-29(2,28(36)37)9-6-12-39-22-15-21(23(38-4)14-20(22)16-31)26(34)33-25-19-8-7-18(13-19)24(25)27(35)32-17-30(3)10-5-11-30/h14-15,18-19,24-25H,5-13,17H2,1-4H3,(H,32,35)(H,33,34)(H,36,37). The van der Waals surface area contributed by atoms with Crippen molar-refractivity contribution in [3.63, 3.8) is 0 Å². The fraction of sp³-hybridized carbons (Fsp3) is 0.667. The van der Waals surface area contributed by atoms with Gasteiger partial charge in [0.1, 0.15) is 17.6 Å². The first-order valence-electron chi connectivity index (χ1n) is 14.0. The van der Waals surface area contributed by atoms with Crippen molar-refractivity contribution in [2.45, 2.75) is 78.2 Å². The van der Waals surface area contributed by atoms with E-state index in [9.17, 15) is 24.8 Å². The molecule has 3 aliphatic rings. The second kappa shape index (κ2) is 11.4. The van der Waals surface area contributed by atoms with E-state index >= 15 is 0 Å². The maximum Gasteiger partial charge on any atom is 0.309 e. The zero-order chi connectivity index (χ0) is 28.4. The third-order valence-electron chi connectivity index (χ3n) is 9.22. The van der Waals surface area contributed by atoms with Gasteiger partial charge in [-0.25, -0.2) is 0 Å². The summed E-state index contributed by atoms with van der Waals surface area (Å²) in [6.07, 6.45) is 7.27. The third-order valence-corrected chi connectivity index (χ3v) is 9.22. The number of nitrogens with one attached hydrogen (secondary N) is 2. The Balaban J connectivity index is 1.46. The highest BCUT2D eigenvalue weighted by Gasteiger charge is 2.51. The molecular weight excluding hydrogens is 498 g/mol. The number of nitrogens with zero attached hydrogens (tertiary/aromatic N) is 1. The highest BCUT2D eigenvalue weighted by molar-refractivity contribution is 5.98. The Morgan fingerprint density at radius 2 is 1.90 bits per heavy atom. The van der Waals surface area contributed by atoms with Crippen LogP contribution in [-0.4, -0.2) is 49.2 Å². The minimum atomic E-state index is -0.883. The number of carboxylic acid groups (broad SMARTS) is 1. The SMILES string of the molecule is COc1cc(C#N)c(OCCCC(C)(C)C(=O)O)cc1C(=O)NC1C2CCC(C2)C1C(=O)NCC1(C)CCC1. The second-order valence-corrected chi connectivity index (χ2v) is 12.5. The molecule has 9 nitrogen and oxygen atoms in total. The molecule has 2 amide bonds. The van der Waals surface area contributed by atoms with E-state index in [1.54, 1.807) is 13.8 Å². The van der Waals surface area contributed by atoms with Crippen molar-refractivity contribution < 1.29 is 29.0 Å². The van der Waals surface area contributed by atoms with Gasteiger partial charge in [0.25, 0.3) is 5.91 Å². The van der Waals surface area contributed by atoms with E-state index < -0.39 is 11.4 Å². The molecule has 0 aromatic heterocycles. The first kappa shape index (κ1) is 28.7. The molecule has 3 saturated carbocycles. The lowest BCUT2D eigenvalue weighted by molar-refractivity contribution is -0.147. The van der Waals surface area contributed by atoms with E-state index in [1.807, 2.05) is 0 Å². The molecule has 1 aromatic carbocycles. The zero-order valence-electron chi connectivity index (χ0n) is 23.5. The van der Waals surface area contributed by atoms with Gasteiger partial charge in [-0.05, 0) is 82.1 Å². The number of benzene rings is 1. The lowest BCUT2D eigenvalue weighted by Crippen LogP contribution is -2.51. The molecule has 9 heteroatoms. The van der Waals surface area contributed by atoms with Crippen LogP contribution in [0.1, 0.15) is 88.1 Å². The number of nitriles is 1. The van der Waals surface area contributed by atoms with Crippen molar-refractivity contribution >= 4 is 17.8 Å². The average molecular weight is 540 g/mol. The molecule has 3 fully saturated rings. The van der Waals surface area contributed by atoms with Crippen molar-refractivity contribution in [3.05, 3.63) is 23.3 Å². The molecule has 1 aromatic rings. The predicted molar refractivity (Wildman–Crippen MR) is 144 cm³/mol. The van der Waals surface area contributed by atoms with Gasteiger partial charge in [0.2, 0.25) is 5.91 Å². The first-order valence-corrected chi connectivity index (χ1v) is 14.0. The fourth-order valence-electron chi connectivity index (χ4n) is 6.40. The van der Waals surface area contributed by atoms with Crippen LogP contribution in [0.4, 0.5) is 0 Å². The van der Waals surface area contributed by atoms with Crippen LogP contribution in [0.15, 0.2) is 12.1 Å². The summed E-state index contributed by atoms with van der Waals surface area (Å²) in [7, 11) is 1.44. The molecule has 3 aliphatic carbocycles. The summed E-state index contributed by atoms with van der Waals surface area (Å²) >= 11 is 0. The predicted octanol–water partition coefficient (Wildman–Crippen LogP) is 4.29. The Labute approximate surface area is 230 Å². The summed E-state index contributed by atoms with van der Waals surface area (Å²) in [5, 5.41) is 25.3. The zero-order valence-corrected chi connectivity index (χ0v) is 23.5. The fourth-order valence-corrected chi connectivity index (χ4v) is 6.40. The van der Waals surface area contributed by atoms with Gasteiger partial charge in [-0.15, -0.1) is 0 Å². The summed E-state index contributed by atoms with van der Waals surface area (Å²) in [6.45, 7) is 6.40. The van der Waals surface area contributed by atoms with Gasteiger partial charge in [0, 0.05) is 18.7 Å². The van der Waals surface area contributed by atoms with Gasteiger partial charge in [-0.3, -0.25) is 14.4 Å². The van der Waals surface area contributed by atoms with Crippen LogP contribution in [-0.2, 0) is 9.59 Å². The number of fused-ring (bicyclic) bond motifs is 2. The van der Waals surface area contributed by atoms with Gasteiger partial charge in [0.15, 0.2) is 0 Å². The molecule has 4 unspecified atom stereocenters. The number of methoxy groups -OCH3 is 1. The van der Waals surface area contributed by atoms with Gasteiger partial charge in [-0.2, -0.15) is 5.26 Å². The van der Waals surface area contributed by atoms with Gasteiger partial charge in [0.05, 0.1) is 36.2 Å². The Hall–Kier alpha value is -3.28. The highest BCUT2D eigenvalue weighted by Crippen LogP contribution is 2.49. The lowest BCUT2D eigenvalue weighted by atomic mass is 9.70. The Bertz CT molecular complexity index is 1150. The summed E-state index contributed by atoms with van der Waals surface area (Å²) in [5.74, 6) is -0.450. The molecule has 0 radical (unpaired) electrons. The smallest absolute Gasteiger partial charge is 0.309 e. The first-order chi connectivity index (χ1) is 18.5. The Kier molecular flexibility index (Phi) is 8.43. The maximum absolute atomic E-state index is 13.6. The number of carbonyl (C=O) groups excluding carboxylic acids is 2. The highest BCUT2D eigenvalue weighted by atomic mass is 16.5. The number of hydrogen-bond donors (Lipinski definition) is 3. The largest absolute Gasteiger partial charge is 0.496 e. The van der Waals surface area contributed by atoms with E-state index in [-0.39, 0.29) is 70.3 Å². The lowest BCUT2D eigenvalue weighted by Gasteiger charge is -2.39. The second-order valence-electron chi connectivity index (χ2n) is 12.5. The summed E-state index contributed by atoms with van der Waals surface area (Å²) in [5.41, 5.74) is -0.239. The van der Waals surface area contributed by atoms with Gasteiger partial charge >= 0.3 is 5.97 Å². The normalized spacial score (nSPS) is 24.8. The summed E-state index contributed by atoms with van der Waals surface area (Å²) in [4.78, 5) is 38.2. The molecule has 3 N–H and O–H groups in total. The summed E-state index contributed by atoms with van der Waals surface area (Å²) < 4.78 is 11.3. The Morgan fingerprint density at radius 1 is 1.18 bits per heavy atom. The monoisotopic (exact) mass is 539 g/mol. The van der Waals surface area contributed by atoms with Crippen molar-refractivity contribution in [2.24, 2.45) is 28.6 Å². The van der Waals surface area contributed by atoms with Crippen LogP contribution in [0.3, 0.4) is 0 Å². The van der Waals surface area contributed by atoms with E-state index in [2.05, 4.69) is 23.6 Å². The van der Waals surface area contributed by atoms with E-state index in [0.717, 1.165) is 32.1 Å². The molecule has 0 heterocycles. The number of ether oxygens (including phenoxy) is 2. The van der Waals surface area contributed by atoms with Crippen LogP contribution in [0.2, 0.25) is 0 Å². The number of carbonyl (C=O) groups is 3. The quantitative estimate of drug-likeness (QED) is 0.337. The maximum atomic E-state index is 13.6. The molecule has 0 spiro atoms. The Morgan fingerprint density at radius 3 is 2.51 bits per heavy atom. The number of carboxylic acids is 1. The van der Waals surface area contributed by atoms with E-state index in [0.29, 0.717) is 19.4 Å². The molecule has 4 atom stereocenters. The van der Waals surface area contributed by atoms with E-state index in [4.69, 9.17) is 9.47 Å². The van der Waals surface area contributed by atoms with Crippen molar-refractivity contribution in [3.8, 4) is 17.6 Å². The number of hydrogen-bond acceptors (Lipinski definition) is 6.